The number of likely N-dealkylation sites (N-methyl/N-ethyl adjacent to an activating group) is 1. The van der Waals surface area contributed by atoms with Gasteiger partial charge in [-0.1, -0.05) is 37.3 Å². The van der Waals surface area contributed by atoms with Gasteiger partial charge < -0.3 is 20.1 Å². The van der Waals surface area contributed by atoms with Crippen molar-refractivity contribution < 1.29 is 14.6 Å². The highest BCUT2D eigenvalue weighted by molar-refractivity contribution is 5.85. The Morgan fingerprint density at radius 1 is 1.38 bits per heavy atom. The molecule has 2 rings (SSSR count). The number of nitrogens with zero attached hydrogens (tertiary/aromatic N) is 1. The van der Waals surface area contributed by atoms with Crippen molar-refractivity contribution >= 4 is 18.3 Å². The van der Waals surface area contributed by atoms with Gasteiger partial charge in [-0.05, 0) is 43.3 Å². The van der Waals surface area contributed by atoms with Gasteiger partial charge in [-0.25, -0.2) is 0 Å². The molecule has 5 nitrogen and oxygen atoms in total. The first kappa shape index (κ1) is 22.9. The SMILES string of the molecule is CC(CC(=O)N(C)CC(O)COCc1ccccc1)C1CCCNC1.Cl. The van der Waals surface area contributed by atoms with Crippen LogP contribution in [0.25, 0.3) is 0 Å². The molecule has 1 fully saturated rings. The molecule has 1 aliphatic rings. The number of carbonyl (C=O) groups is 1. The third-order valence-electron chi connectivity index (χ3n) is 4.97. The van der Waals surface area contributed by atoms with E-state index < -0.39 is 6.10 Å². The van der Waals surface area contributed by atoms with Crippen molar-refractivity contribution in [3.8, 4) is 0 Å². The Morgan fingerprint density at radius 2 is 2.12 bits per heavy atom. The number of aliphatic hydroxyl groups is 1. The number of carbonyl (C=O) groups excluding carboxylic acids is 1. The monoisotopic (exact) mass is 384 g/mol. The topological polar surface area (TPSA) is 61.8 Å². The highest BCUT2D eigenvalue weighted by Crippen LogP contribution is 2.23. The molecule has 0 saturated carbocycles. The second-order valence-corrected chi connectivity index (χ2v) is 7.22. The molecule has 1 amide bonds. The lowest BCUT2D eigenvalue weighted by Gasteiger charge is -2.29. The summed E-state index contributed by atoms with van der Waals surface area (Å²) >= 11 is 0. The summed E-state index contributed by atoms with van der Waals surface area (Å²) < 4.78 is 5.54. The van der Waals surface area contributed by atoms with Crippen molar-refractivity contribution in [2.75, 3.05) is 33.3 Å². The minimum Gasteiger partial charge on any atom is -0.389 e. The molecule has 6 heteroatoms. The van der Waals surface area contributed by atoms with E-state index in [1.807, 2.05) is 30.3 Å². The summed E-state index contributed by atoms with van der Waals surface area (Å²) in [4.78, 5) is 14.0. The number of aliphatic hydroxyl groups excluding tert-OH is 1. The molecule has 0 radical (unpaired) electrons. The van der Waals surface area contributed by atoms with Gasteiger partial charge in [0, 0.05) is 20.0 Å². The van der Waals surface area contributed by atoms with E-state index in [0.29, 0.717) is 31.4 Å². The quantitative estimate of drug-likeness (QED) is 0.686. The van der Waals surface area contributed by atoms with Gasteiger partial charge in [0.15, 0.2) is 0 Å². The largest absolute Gasteiger partial charge is 0.389 e. The predicted molar refractivity (Wildman–Crippen MR) is 106 cm³/mol. The van der Waals surface area contributed by atoms with Crippen molar-refractivity contribution in [1.82, 2.24) is 10.2 Å². The van der Waals surface area contributed by atoms with Crippen LogP contribution in [0.2, 0.25) is 0 Å². The highest BCUT2D eigenvalue weighted by atomic mass is 35.5. The van der Waals surface area contributed by atoms with Crippen LogP contribution in [-0.2, 0) is 16.1 Å². The molecule has 0 aliphatic carbocycles. The fourth-order valence-corrected chi connectivity index (χ4v) is 3.32. The Labute approximate surface area is 163 Å². The van der Waals surface area contributed by atoms with Crippen molar-refractivity contribution in [3.05, 3.63) is 35.9 Å². The van der Waals surface area contributed by atoms with Crippen molar-refractivity contribution in [3.63, 3.8) is 0 Å². The maximum absolute atomic E-state index is 12.4. The van der Waals surface area contributed by atoms with Gasteiger partial charge in [0.2, 0.25) is 5.91 Å². The Bertz CT molecular complexity index is 509. The van der Waals surface area contributed by atoms with E-state index >= 15 is 0 Å². The highest BCUT2D eigenvalue weighted by Gasteiger charge is 2.24. The van der Waals surface area contributed by atoms with Gasteiger partial charge in [-0.15, -0.1) is 12.4 Å². The molecule has 0 spiro atoms. The normalized spacial score (nSPS) is 19.3. The average Bonchev–Trinajstić information content (AvgIpc) is 2.63. The van der Waals surface area contributed by atoms with Crippen LogP contribution in [0.1, 0.15) is 31.7 Å². The molecule has 1 heterocycles. The lowest BCUT2D eigenvalue weighted by atomic mass is 9.85. The lowest BCUT2D eigenvalue weighted by Crippen LogP contribution is -2.39. The fraction of sp³-hybridized carbons (Fsp3) is 0.650. The van der Waals surface area contributed by atoms with Gasteiger partial charge in [-0.3, -0.25) is 4.79 Å². The molecule has 1 aromatic carbocycles. The van der Waals surface area contributed by atoms with Crippen LogP contribution in [0.5, 0.6) is 0 Å². The van der Waals surface area contributed by atoms with Gasteiger partial charge in [0.1, 0.15) is 0 Å². The van der Waals surface area contributed by atoms with Gasteiger partial charge in [0.25, 0.3) is 0 Å². The number of amides is 1. The molecule has 148 valence electrons. The van der Waals surface area contributed by atoms with Crippen LogP contribution in [0, 0.1) is 11.8 Å². The third kappa shape index (κ3) is 8.04. The van der Waals surface area contributed by atoms with E-state index in [0.717, 1.165) is 18.7 Å². The summed E-state index contributed by atoms with van der Waals surface area (Å²) in [6.45, 7) is 5.27. The van der Waals surface area contributed by atoms with Gasteiger partial charge >= 0.3 is 0 Å². The first-order valence-corrected chi connectivity index (χ1v) is 9.30. The molecular formula is C20H33ClN2O3. The zero-order chi connectivity index (χ0) is 18.1. The number of hydrogen-bond donors (Lipinski definition) is 2. The molecule has 1 aliphatic heterocycles. The Balaban J connectivity index is 0.00000338. The number of piperidine rings is 1. The Kier molecular flexibility index (Phi) is 10.8. The summed E-state index contributed by atoms with van der Waals surface area (Å²) in [6.07, 6.45) is 2.27. The van der Waals surface area contributed by atoms with Crippen LogP contribution in [0.3, 0.4) is 0 Å². The number of benzene rings is 1. The zero-order valence-electron chi connectivity index (χ0n) is 15.9. The summed E-state index contributed by atoms with van der Waals surface area (Å²) in [6, 6.07) is 9.87. The molecule has 1 aromatic rings. The molecular weight excluding hydrogens is 352 g/mol. The minimum absolute atomic E-state index is 0. The van der Waals surface area contributed by atoms with Gasteiger partial charge in [-0.2, -0.15) is 0 Å². The zero-order valence-corrected chi connectivity index (χ0v) is 16.7. The molecule has 0 aromatic heterocycles. The van der Waals surface area contributed by atoms with E-state index in [-0.39, 0.29) is 24.9 Å². The number of rotatable bonds is 9. The predicted octanol–water partition coefficient (Wildman–Crippen LogP) is 2.47. The van der Waals surface area contributed by atoms with Crippen LogP contribution in [0.15, 0.2) is 30.3 Å². The Morgan fingerprint density at radius 3 is 2.77 bits per heavy atom. The van der Waals surface area contributed by atoms with Crippen LogP contribution >= 0.6 is 12.4 Å². The molecule has 2 N–H and O–H groups in total. The molecule has 26 heavy (non-hydrogen) atoms. The summed E-state index contributed by atoms with van der Waals surface area (Å²) in [7, 11) is 1.76. The van der Waals surface area contributed by atoms with E-state index in [2.05, 4.69) is 12.2 Å². The summed E-state index contributed by atoms with van der Waals surface area (Å²) in [5.41, 5.74) is 1.08. The van der Waals surface area contributed by atoms with Crippen LogP contribution in [-0.4, -0.2) is 55.3 Å². The van der Waals surface area contributed by atoms with Gasteiger partial charge in [0.05, 0.1) is 19.3 Å². The minimum atomic E-state index is -0.663. The van der Waals surface area contributed by atoms with E-state index in [9.17, 15) is 9.90 Å². The van der Waals surface area contributed by atoms with Crippen LogP contribution in [0.4, 0.5) is 0 Å². The van der Waals surface area contributed by atoms with Crippen molar-refractivity contribution in [2.24, 2.45) is 11.8 Å². The number of ether oxygens (including phenoxy) is 1. The second kappa shape index (κ2) is 12.3. The maximum atomic E-state index is 12.4. The standard InChI is InChI=1S/C20H32N2O3.ClH/c1-16(18-9-6-10-21-12-18)11-20(24)22(2)13-19(23)15-25-14-17-7-4-3-5-8-17;/h3-5,7-8,16,18-19,21,23H,6,9-15H2,1-2H3;1H. The second-order valence-electron chi connectivity index (χ2n) is 7.22. The number of halogens is 1. The summed E-state index contributed by atoms with van der Waals surface area (Å²) in [5.74, 6) is 1.04. The fourth-order valence-electron chi connectivity index (χ4n) is 3.32. The third-order valence-corrected chi connectivity index (χ3v) is 4.97. The smallest absolute Gasteiger partial charge is 0.222 e. The lowest BCUT2D eigenvalue weighted by molar-refractivity contribution is -0.133. The Hall–Kier alpha value is -1.14. The van der Waals surface area contributed by atoms with Crippen LogP contribution < -0.4 is 5.32 Å². The first-order valence-electron chi connectivity index (χ1n) is 9.30. The molecule has 1 saturated heterocycles. The van der Waals surface area contributed by atoms with E-state index in [1.165, 1.54) is 12.8 Å². The molecule has 3 atom stereocenters. The van der Waals surface area contributed by atoms with E-state index in [4.69, 9.17) is 4.74 Å². The maximum Gasteiger partial charge on any atom is 0.222 e. The molecule has 3 unspecified atom stereocenters. The first-order chi connectivity index (χ1) is 12.1. The summed E-state index contributed by atoms with van der Waals surface area (Å²) in [5, 5.41) is 13.5. The average molecular weight is 385 g/mol. The molecule has 0 bridgehead atoms. The number of hydrogen-bond acceptors (Lipinski definition) is 4. The number of nitrogens with one attached hydrogen (secondary N) is 1. The van der Waals surface area contributed by atoms with Crippen molar-refractivity contribution in [2.45, 2.75) is 38.9 Å². The van der Waals surface area contributed by atoms with Crippen molar-refractivity contribution in [1.29, 1.82) is 0 Å². The van der Waals surface area contributed by atoms with E-state index in [1.54, 1.807) is 11.9 Å².